The number of alkyl halides is 3. The normalized spacial score (nSPS) is 28.1. The van der Waals surface area contributed by atoms with E-state index in [4.69, 9.17) is 9.94 Å². The van der Waals surface area contributed by atoms with Crippen molar-refractivity contribution in [2.24, 2.45) is 22.9 Å². The summed E-state index contributed by atoms with van der Waals surface area (Å²) in [5.41, 5.74) is 0.290. The number of carboxylic acid groups (broad SMARTS) is 1. The second kappa shape index (κ2) is 9.34. The van der Waals surface area contributed by atoms with Gasteiger partial charge in [-0.3, -0.25) is 4.79 Å². The highest BCUT2D eigenvalue weighted by Gasteiger charge is 2.51. The number of fused-ring (bicyclic) bond motifs is 1. The van der Waals surface area contributed by atoms with Crippen LogP contribution in [0.3, 0.4) is 0 Å². The smallest absolute Gasteiger partial charge is 0.416 e. The number of hydrogen-bond acceptors (Lipinski definition) is 5. The van der Waals surface area contributed by atoms with Crippen molar-refractivity contribution in [2.75, 3.05) is 6.61 Å². The molecule has 1 aromatic rings. The van der Waals surface area contributed by atoms with E-state index in [2.05, 4.69) is 5.16 Å². The molecule has 2 aliphatic rings. The largest absolute Gasteiger partial charge is 0.481 e. The van der Waals surface area contributed by atoms with Gasteiger partial charge in [-0.05, 0) is 61.6 Å². The zero-order valence-corrected chi connectivity index (χ0v) is 16.4. The summed E-state index contributed by atoms with van der Waals surface area (Å²) >= 11 is 0. The van der Waals surface area contributed by atoms with Crippen LogP contribution in [0.15, 0.2) is 29.4 Å². The lowest BCUT2D eigenvalue weighted by molar-refractivity contribution is -0.138. The Balaban J connectivity index is 1.49. The van der Waals surface area contributed by atoms with E-state index in [-0.39, 0.29) is 42.8 Å². The number of oxime groups is 1. The van der Waals surface area contributed by atoms with Gasteiger partial charge in [0.2, 0.25) is 0 Å². The molecule has 2 saturated carbocycles. The highest BCUT2D eigenvalue weighted by atomic mass is 19.4. The first-order valence-corrected chi connectivity index (χ1v) is 10.1. The number of halogens is 3. The monoisotopic (exact) mass is 429 g/mol. The van der Waals surface area contributed by atoms with E-state index < -0.39 is 29.9 Å². The summed E-state index contributed by atoms with van der Waals surface area (Å²) in [5.74, 6) is -0.601. The molecule has 0 aliphatic heterocycles. The first kappa shape index (κ1) is 22.6. The first-order chi connectivity index (χ1) is 14.2. The number of aliphatic hydroxyl groups excluding tert-OH is 2. The van der Waals surface area contributed by atoms with Crippen LogP contribution in [0.25, 0.3) is 0 Å². The van der Waals surface area contributed by atoms with Crippen LogP contribution in [-0.4, -0.2) is 39.7 Å². The third-order valence-electron chi connectivity index (χ3n) is 6.11. The van der Waals surface area contributed by atoms with Crippen LogP contribution in [0.5, 0.6) is 0 Å². The fraction of sp³-hybridized carbons (Fsp3) is 0.619. The molecule has 2 fully saturated rings. The third kappa shape index (κ3) is 5.31. The van der Waals surface area contributed by atoms with Gasteiger partial charge in [-0.2, -0.15) is 13.2 Å². The summed E-state index contributed by atoms with van der Waals surface area (Å²) in [6, 6.07) is 4.70. The number of benzene rings is 1. The van der Waals surface area contributed by atoms with Gasteiger partial charge in [-0.1, -0.05) is 17.3 Å². The van der Waals surface area contributed by atoms with E-state index in [1.807, 2.05) is 0 Å². The van der Waals surface area contributed by atoms with Gasteiger partial charge in [0.1, 0.15) is 6.61 Å². The summed E-state index contributed by atoms with van der Waals surface area (Å²) in [6.07, 6.45) is -3.64. The molecule has 6 nitrogen and oxygen atoms in total. The average Bonchev–Trinajstić information content (AvgIpc) is 2.92. The van der Waals surface area contributed by atoms with Crippen molar-refractivity contribution >= 4 is 11.7 Å². The SMILES string of the molecule is O=C(O)CCCON=C1CC2C1CC(O)C2CCC(O)c1cccc(C(F)(F)F)c1. The maximum Gasteiger partial charge on any atom is 0.416 e. The molecule has 0 radical (unpaired) electrons. The maximum atomic E-state index is 12.9. The Morgan fingerprint density at radius 2 is 2.10 bits per heavy atom. The highest BCUT2D eigenvalue weighted by Crippen LogP contribution is 2.51. The van der Waals surface area contributed by atoms with Gasteiger partial charge in [0, 0.05) is 12.3 Å². The molecule has 0 saturated heterocycles. The molecule has 9 heteroatoms. The fourth-order valence-electron chi connectivity index (χ4n) is 4.47. The average molecular weight is 429 g/mol. The molecular formula is C21H26F3NO5. The Morgan fingerprint density at radius 3 is 2.80 bits per heavy atom. The zero-order chi connectivity index (χ0) is 21.9. The van der Waals surface area contributed by atoms with Crippen LogP contribution in [0.1, 0.15) is 55.8 Å². The molecule has 0 aromatic heterocycles. The van der Waals surface area contributed by atoms with Gasteiger partial charge < -0.3 is 20.2 Å². The predicted octanol–water partition coefficient (Wildman–Crippen LogP) is 3.77. The minimum absolute atomic E-state index is 0.0197. The van der Waals surface area contributed by atoms with Gasteiger partial charge >= 0.3 is 12.1 Å². The third-order valence-corrected chi connectivity index (χ3v) is 6.11. The van der Waals surface area contributed by atoms with Crippen LogP contribution in [0.2, 0.25) is 0 Å². The van der Waals surface area contributed by atoms with E-state index in [0.29, 0.717) is 25.7 Å². The van der Waals surface area contributed by atoms with Gasteiger partial charge in [-0.25, -0.2) is 0 Å². The van der Waals surface area contributed by atoms with Gasteiger partial charge in [-0.15, -0.1) is 0 Å². The first-order valence-electron chi connectivity index (χ1n) is 10.1. The second-order valence-electron chi connectivity index (χ2n) is 8.07. The molecule has 0 spiro atoms. The van der Waals surface area contributed by atoms with E-state index in [9.17, 15) is 28.2 Å². The number of hydrogen-bond donors (Lipinski definition) is 3. The van der Waals surface area contributed by atoms with Crippen molar-refractivity contribution in [1.29, 1.82) is 0 Å². The molecule has 1 aromatic carbocycles. The second-order valence-corrected chi connectivity index (χ2v) is 8.07. The van der Waals surface area contributed by atoms with E-state index >= 15 is 0 Å². The van der Waals surface area contributed by atoms with Crippen molar-refractivity contribution in [1.82, 2.24) is 0 Å². The van der Waals surface area contributed by atoms with Crippen LogP contribution < -0.4 is 0 Å². The number of nitrogens with zero attached hydrogens (tertiary/aromatic N) is 1. The summed E-state index contributed by atoms with van der Waals surface area (Å²) in [5, 5.41) is 33.4. The molecule has 0 amide bonds. The van der Waals surface area contributed by atoms with Gasteiger partial charge in [0.15, 0.2) is 0 Å². The number of carbonyl (C=O) groups is 1. The molecular weight excluding hydrogens is 403 g/mol. The highest BCUT2D eigenvalue weighted by molar-refractivity contribution is 5.93. The Labute approximate surface area is 172 Å². The number of aliphatic carboxylic acids is 1. The molecule has 30 heavy (non-hydrogen) atoms. The lowest BCUT2D eigenvalue weighted by Crippen LogP contribution is -2.36. The molecule has 0 heterocycles. The predicted molar refractivity (Wildman–Crippen MR) is 102 cm³/mol. The number of aliphatic hydroxyl groups is 2. The summed E-state index contributed by atoms with van der Waals surface area (Å²) in [6.45, 7) is 0.225. The Bertz CT molecular complexity index is 782. The van der Waals surface area contributed by atoms with Crippen molar-refractivity contribution in [2.45, 2.75) is 56.9 Å². The molecule has 166 valence electrons. The quantitative estimate of drug-likeness (QED) is 0.410. The van der Waals surface area contributed by atoms with E-state index in [1.165, 1.54) is 12.1 Å². The minimum atomic E-state index is -4.46. The number of carboxylic acids is 1. The Hall–Kier alpha value is -2.13. The molecule has 3 rings (SSSR count). The molecule has 2 aliphatic carbocycles. The topological polar surface area (TPSA) is 99.4 Å². The molecule has 5 unspecified atom stereocenters. The Kier molecular flexibility index (Phi) is 7.02. The van der Waals surface area contributed by atoms with Crippen molar-refractivity contribution in [3.05, 3.63) is 35.4 Å². The van der Waals surface area contributed by atoms with Crippen LogP contribution in [0, 0.1) is 17.8 Å². The van der Waals surface area contributed by atoms with E-state index in [0.717, 1.165) is 17.8 Å². The fourth-order valence-corrected chi connectivity index (χ4v) is 4.47. The van der Waals surface area contributed by atoms with Crippen LogP contribution >= 0.6 is 0 Å². The maximum absolute atomic E-state index is 12.9. The Morgan fingerprint density at radius 1 is 1.33 bits per heavy atom. The van der Waals surface area contributed by atoms with Gasteiger partial charge in [0.25, 0.3) is 0 Å². The summed E-state index contributed by atoms with van der Waals surface area (Å²) < 4.78 is 38.6. The standard InChI is InChI=1S/C21H26F3NO5/c22-21(23,24)13-4-1-3-12(9-13)18(26)7-6-14-15-10-17(16(15)11-19(14)27)25-30-8-2-5-20(28)29/h1,3-4,9,14-16,18-19,26-27H,2,5-8,10-11H2,(H,28,29). The molecule has 3 N–H and O–H groups in total. The number of rotatable bonds is 9. The van der Waals surface area contributed by atoms with E-state index in [1.54, 1.807) is 0 Å². The van der Waals surface area contributed by atoms with Crippen LogP contribution in [0.4, 0.5) is 13.2 Å². The molecule has 5 atom stereocenters. The van der Waals surface area contributed by atoms with Crippen molar-refractivity contribution < 1.29 is 38.1 Å². The van der Waals surface area contributed by atoms with Crippen molar-refractivity contribution in [3.8, 4) is 0 Å². The summed E-state index contributed by atoms with van der Waals surface area (Å²) in [4.78, 5) is 15.6. The minimum Gasteiger partial charge on any atom is -0.481 e. The van der Waals surface area contributed by atoms with Gasteiger partial charge in [0.05, 0.1) is 23.5 Å². The van der Waals surface area contributed by atoms with Crippen molar-refractivity contribution in [3.63, 3.8) is 0 Å². The lowest BCUT2D eigenvalue weighted by Gasteiger charge is -2.35. The lowest BCUT2D eigenvalue weighted by atomic mass is 9.70. The summed E-state index contributed by atoms with van der Waals surface area (Å²) in [7, 11) is 0. The molecule has 0 bridgehead atoms. The zero-order valence-electron chi connectivity index (χ0n) is 16.4. The van der Waals surface area contributed by atoms with Crippen LogP contribution in [-0.2, 0) is 15.8 Å².